The van der Waals surface area contributed by atoms with Gasteiger partial charge in [-0.05, 0) is 19.9 Å². The third-order valence-electron chi connectivity index (χ3n) is 2.65. The topological polar surface area (TPSA) is 123 Å². The SMILES string of the molecule is Cc1ncc(CO)c(CNCCCS(=O)(=O)[O-])c1O.[Na+]. The van der Waals surface area contributed by atoms with Crippen molar-refractivity contribution in [3.05, 3.63) is 23.0 Å². The molecule has 1 aromatic rings. The largest absolute Gasteiger partial charge is 1.00 e. The van der Waals surface area contributed by atoms with E-state index in [1.165, 1.54) is 6.20 Å². The number of aliphatic hydroxyl groups excluding tert-OH is 1. The standard InChI is InChI=1S/C11H18N2O5S.Na/c1-8-11(15)10(9(7-14)5-13-8)6-12-3-2-4-19(16,17)18;/h5,12,14-15H,2-4,6-7H2,1H3,(H,16,17,18);/q;+1/p-1. The summed E-state index contributed by atoms with van der Waals surface area (Å²) in [4.78, 5) is 3.93. The van der Waals surface area contributed by atoms with E-state index in [1.54, 1.807) is 6.92 Å². The van der Waals surface area contributed by atoms with Crippen molar-refractivity contribution in [3.8, 4) is 5.75 Å². The maximum absolute atomic E-state index is 10.4. The van der Waals surface area contributed by atoms with Crippen molar-refractivity contribution in [3.63, 3.8) is 0 Å². The number of aliphatic hydroxyl groups is 1. The van der Waals surface area contributed by atoms with Crippen LogP contribution in [0, 0.1) is 6.92 Å². The van der Waals surface area contributed by atoms with Gasteiger partial charge in [0.05, 0.1) is 22.4 Å². The van der Waals surface area contributed by atoms with Crippen molar-refractivity contribution in [1.82, 2.24) is 10.3 Å². The van der Waals surface area contributed by atoms with Gasteiger partial charge in [0.2, 0.25) is 0 Å². The van der Waals surface area contributed by atoms with Crippen molar-refractivity contribution >= 4 is 10.1 Å². The second kappa shape index (κ2) is 8.93. The van der Waals surface area contributed by atoms with E-state index in [0.717, 1.165) is 0 Å². The molecule has 1 aromatic heterocycles. The van der Waals surface area contributed by atoms with Gasteiger partial charge in [-0.25, -0.2) is 8.42 Å². The van der Waals surface area contributed by atoms with E-state index in [1.807, 2.05) is 0 Å². The molecular weight excluding hydrogens is 295 g/mol. The number of nitrogens with zero attached hydrogens (tertiary/aromatic N) is 1. The van der Waals surface area contributed by atoms with E-state index in [0.29, 0.717) is 23.4 Å². The molecule has 0 aliphatic heterocycles. The van der Waals surface area contributed by atoms with Crippen molar-refractivity contribution in [2.24, 2.45) is 0 Å². The van der Waals surface area contributed by atoms with E-state index in [4.69, 9.17) is 5.11 Å². The molecule has 20 heavy (non-hydrogen) atoms. The zero-order chi connectivity index (χ0) is 14.5. The van der Waals surface area contributed by atoms with E-state index < -0.39 is 15.9 Å². The molecule has 108 valence electrons. The first-order valence-corrected chi connectivity index (χ1v) is 7.34. The van der Waals surface area contributed by atoms with Crippen LogP contribution < -0.4 is 34.9 Å². The van der Waals surface area contributed by atoms with Crippen LogP contribution in [0.4, 0.5) is 0 Å². The predicted octanol–water partition coefficient (Wildman–Crippen LogP) is -3.38. The zero-order valence-electron chi connectivity index (χ0n) is 11.6. The summed E-state index contributed by atoms with van der Waals surface area (Å²) in [6.45, 7) is 1.99. The molecule has 1 heterocycles. The summed E-state index contributed by atoms with van der Waals surface area (Å²) in [6, 6.07) is 0. The molecule has 3 N–H and O–H groups in total. The first kappa shape index (κ1) is 19.8. The number of nitrogens with one attached hydrogen (secondary N) is 1. The van der Waals surface area contributed by atoms with Gasteiger partial charge >= 0.3 is 29.6 Å². The molecule has 0 aromatic carbocycles. The fourth-order valence-corrected chi connectivity index (χ4v) is 2.10. The summed E-state index contributed by atoms with van der Waals surface area (Å²) in [5, 5.41) is 21.9. The smallest absolute Gasteiger partial charge is 0.748 e. The molecule has 0 fully saturated rings. The van der Waals surface area contributed by atoms with Crippen LogP contribution in [-0.4, -0.2) is 40.5 Å². The molecule has 0 bridgehead atoms. The molecule has 0 radical (unpaired) electrons. The molecule has 0 spiro atoms. The first-order chi connectivity index (χ1) is 8.85. The number of rotatable bonds is 7. The summed E-state index contributed by atoms with van der Waals surface area (Å²) >= 11 is 0. The predicted molar refractivity (Wildman–Crippen MR) is 67.4 cm³/mol. The van der Waals surface area contributed by atoms with Gasteiger partial charge in [0.25, 0.3) is 0 Å². The number of aromatic hydroxyl groups is 1. The average Bonchev–Trinajstić information content (AvgIpc) is 2.32. The first-order valence-electron chi connectivity index (χ1n) is 5.76. The van der Waals surface area contributed by atoms with E-state index in [-0.39, 0.29) is 54.9 Å². The van der Waals surface area contributed by atoms with Crippen LogP contribution in [0.3, 0.4) is 0 Å². The van der Waals surface area contributed by atoms with Gasteiger partial charge in [-0.2, -0.15) is 0 Å². The van der Waals surface area contributed by atoms with Crippen LogP contribution in [0.2, 0.25) is 0 Å². The molecule has 0 saturated heterocycles. The third-order valence-corrected chi connectivity index (χ3v) is 3.44. The number of pyridine rings is 1. The molecule has 0 saturated carbocycles. The monoisotopic (exact) mass is 312 g/mol. The van der Waals surface area contributed by atoms with Crippen LogP contribution in [-0.2, 0) is 23.3 Å². The summed E-state index contributed by atoms with van der Waals surface area (Å²) in [7, 11) is -4.19. The maximum Gasteiger partial charge on any atom is 1.00 e. The van der Waals surface area contributed by atoms with Crippen molar-refractivity contribution in [1.29, 1.82) is 0 Å². The molecule has 0 aliphatic carbocycles. The van der Waals surface area contributed by atoms with Crippen LogP contribution in [0.25, 0.3) is 0 Å². The minimum atomic E-state index is -4.19. The molecule has 0 unspecified atom stereocenters. The second-order valence-corrected chi connectivity index (χ2v) is 5.67. The molecule has 9 heteroatoms. The van der Waals surface area contributed by atoms with E-state index in [9.17, 15) is 18.1 Å². The maximum atomic E-state index is 10.4. The normalized spacial score (nSPS) is 11.2. The van der Waals surface area contributed by atoms with Crippen LogP contribution in [0.5, 0.6) is 5.75 Å². The Kier molecular flexibility index (Phi) is 8.83. The fraction of sp³-hybridized carbons (Fsp3) is 0.545. The molecular formula is C11H17N2NaO5S. The molecule has 7 nitrogen and oxygen atoms in total. The molecule has 0 amide bonds. The van der Waals surface area contributed by atoms with Gasteiger partial charge in [0.1, 0.15) is 5.75 Å². The molecule has 1 rings (SSSR count). The van der Waals surface area contributed by atoms with Gasteiger partial charge in [-0.3, -0.25) is 4.98 Å². The van der Waals surface area contributed by atoms with Crippen LogP contribution in [0.1, 0.15) is 23.2 Å². The van der Waals surface area contributed by atoms with Gasteiger partial charge in [-0.1, -0.05) is 0 Å². The zero-order valence-corrected chi connectivity index (χ0v) is 14.4. The summed E-state index contributed by atoms with van der Waals surface area (Å²) in [5.74, 6) is -0.413. The van der Waals surface area contributed by atoms with E-state index in [2.05, 4.69) is 10.3 Å². The van der Waals surface area contributed by atoms with Crippen LogP contribution in [0.15, 0.2) is 6.20 Å². The Bertz CT molecular complexity index is 536. The number of aryl methyl sites for hydroxylation is 1. The van der Waals surface area contributed by atoms with Crippen LogP contribution >= 0.6 is 0 Å². The molecule has 0 aliphatic rings. The van der Waals surface area contributed by atoms with Crippen molar-refractivity contribution in [2.75, 3.05) is 12.3 Å². The van der Waals surface area contributed by atoms with Gasteiger partial charge in [-0.15, -0.1) is 0 Å². The van der Waals surface area contributed by atoms with Gasteiger partial charge in [0.15, 0.2) is 0 Å². The molecule has 0 atom stereocenters. The minimum absolute atomic E-state index is 0. The van der Waals surface area contributed by atoms with Crippen molar-refractivity contribution in [2.45, 2.75) is 26.5 Å². The number of hydrogen-bond acceptors (Lipinski definition) is 7. The summed E-state index contributed by atoms with van der Waals surface area (Å²) in [6.07, 6.45) is 1.68. The van der Waals surface area contributed by atoms with Crippen molar-refractivity contribution < 1.29 is 52.7 Å². The Labute approximate surface area is 140 Å². The summed E-state index contributed by atoms with van der Waals surface area (Å²) in [5.41, 5.74) is 1.49. The average molecular weight is 312 g/mol. The number of hydrogen-bond donors (Lipinski definition) is 3. The minimum Gasteiger partial charge on any atom is -0.748 e. The summed E-state index contributed by atoms with van der Waals surface area (Å²) < 4.78 is 31.2. The quantitative estimate of drug-likeness (QED) is 0.273. The van der Waals surface area contributed by atoms with E-state index >= 15 is 0 Å². The second-order valence-electron chi connectivity index (χ2n) is 4.15. The van der Waals surface area contributed by atoms with Gasteiger partial charge in [0, 0.05) is 29.6 Å². The Morgan fingerprint density at radius 3 is 2.65 bits per heavy atom. The Morgan fingerprint density at radius 1 is 1.45 bits per heavy atom. The Hall–Kier alpha value is -0.220. The fourth-order valence-electron chi connectivity index (χ4n) is 1.61. The number of aromatic nitrogens is 1. The Balaban J connectivity index is 0.00000361. The third kappa shape index (κ3) is 6.49. The van der Waals surface area contributed by atoms with Gasteiger partial charge < -0.3 is 20.1 Å². The Morgan fingerprint density at radius 2 is 2.10 bits per heavy atom.